The molecule has 0 amide bonds. The van der Waals surface area contributed by atoms with Gasteiger partial charge in [0.25, 0.3) is 0 Å². The number of aromatic nitrogens is 2. The van der Waals surface area contributed by atoms with Crippen molar-refractivity contribution < 1.29 is 20.1 Å². The maximum atomic E-state index is 4.57. The van der Waals surface area contributed by atoms with E-state index in [1.165, 1.54) is 11.4 Å². The fourth-order valence-electron chi connectivity index (χ4n) is 4.60. The smallest absolute Gasteiger partial charge is 0.504 e. The molecule has 0 fully saturated rings. The molecule has 0 saturated carbocycles. The Morgan fingerprint density at radius 2 is 1.60 bits per heavy atom. The first-order valence-corrected chi connectivity index (χ1v) is 11.2. The van der Waals surface area contributed by atoms with E-state index in [2.05, 4.69) is 93.5 Å². The number of para-hydroxylation sites is 3. The van der Waals surface area contributed by atoms with Crippen LogP contribution in [0.4, 0.5) is 22.7 Å². The summed E-state index contributed by atoms with van der Waals surface area (Å²) in [6.45, 7) is 4.09. The largest absolute Gasteiger partial charge is 3.00 e. The van der Waals surface area contributed by atoms with Gasteiger partial charge in [0.15, 0.2) is 0 Å². The predicted molar refractivity (Wildman–Crippen MR) is 137 cm³/mol. The van der Waals surface area contributed by atoms with Crippen LogP contribution in [0.2, 0.25) is 0 Å². The van der Waals surface area contributed by atoms with E-state index in [4.69, 9.17) is 0 Å². The van der Waals surface area contributed by atoms with Crippen LogP contribution in [-0.4, -0.2) is 22.7 Å². The maximum absolute atomic E-state index is 4.57. The molecule has 3 aliphatic heterocycles. The summed E-state index contributed by atoms with van der Waals surface area (Å²) in [6, 6.07) is 27.7. The first-order valence-electron chi connectivity index (χ1n) is 11.2. The third-order valence-electron chi connectivity index (χ3n) is 6.10. The Morgan fingerprint density at radius 3 is 2.43 bits per heavy atom. The number of hydrogen-bond acceptors (Lipinski definition) is 6. The second kappa shape index (κ2) is 9.53. The zero-order valence-electron chi connectivity index (χ0n) is 19.3. The summed E-state index contributed by atoms with van der Waals surface area (Å²) in [7, 11) is 2.06. The van der Waals surface area contributed by atoms with E-state index >= 15 is 0 Å². The van der Waals surface area contributed by atoms with Crippen LogP contribution >= 0.6 is 0 Å². The van der Waals surface area contributed by atoms with Crippen molar-refractivity contribution in [2.75, 3.05) is 21.9 Å². The molecule has 5 heterocycles. The molecule has 2 aromatic heterocycles. The molecular weight excluding hydrogens is 613 g/mol. The summed E-state index contributed by atoms with van der Waals surface area (Å²) in [4.78, 5) is 13.3. The summed E-state index contributed by atoms with van der Waals surface area (Å²) in [6.07, 6.45) is 5.78. The van der Waals surface area contributed by atoms with Gasteiger partial charge in [-0.2, -0.15) is 37.0 Å². The number of hydrazone groups is 1. The summed E-state index contributed by atoms with van der Waals surface area (Å²) >= 11 is 0. The van der Waals surface area contributed by atoms with Gasteiger partial charge in [-0.3, -0.25) is 15.0 Å². The molecule has 7 heteroatoms. The molecule has 0 N–H and O–H groups in total. The van der Waals surface area contributed by atoms with Gasteiger partial charge in [-0.05, 0) is 49.5 Å². The minimum atomic E-state index is 0. The Labute approximate surface area is 219 Å². The molecule has 4 aromatic rings. The van der Waals surface area contributed by atoms with E-state index in [-0.39, 0.29) is 26.1 Å². The van der Waals surface area contributed by atoms with Crippen molar-refractivity contribution in [3.63, 3.8) is 0 Å². The predicted octanol–water partition coefficient (Wildman–Crippen LogP) is 5.79. The number of rotatable bonds is 1. The number of fused-ring (bicyclic) bond motifs is 7. The third-order valence-corrected chi connectivity index (χ3v) is 6.10. The Kier molecular flexibility index (Phi) is 6.29. The van der Waals surface area contributed by atoms with Crippen LogP contribution in [-0.2, 0) is 20.1 Å². The molecule has 0 aliphatic carbocycles. The molecule has 35 heavy (non-hydrogen) atoms. The van der Waals surface area contributed by atoms with Gasteiger partial charge >= 0.3 is 20.1 Å². The molecule has 1 unspecified atom stereocenters. The van der Waals surface area contributed by atoms with Crippen LogP contribution < -0.4 is 14.8 Å². The topological polar surface area (TPSA) is 47.9 Å². The van der Waals surface area contributed by atoms with Crippen LogP contribution in [0.5, 0.6) is 0 Å². The van der Waals surface area contributed by atoms with E-state index in [0.717, 1.165) is 34.0 Å². The van der Waals surface area contributed by atoms with E-state index in [1.54, 1.807) is 0 Å². The van der Waals surface area contributed by atoms with Crippen molar-refractivity contribution in [2.24, 2.45) is 5.10 Å². The van der Waals surface area contributed by atoms with Crippen molar-refractivity contribution in [1.29, 1.82) is 0 Å². The molecule has 0 bridgehead atoms. The summed E-state index contributed by atoms with van der Waals surface area (Å²) < 4.78 is 0. The quantitative estimate of drug-likeness (QED) is 0.248. The minimum absolute atomic E-state index is 0. The molecular formula is C28H23IrN6. The average Bonchev–Trinajstić information content (AvgIpc) is 3.45. The standard InChI is InChI=1S/C14H11N4.C14H12N2.Ir/c1-9-8-12-14-10(4-2-6-16-14)13-11(18(12)17-9)5-3-7-15-13;1-15-11-16(12-7-3-2-4-8-12)14-10-6-5-9-13(14)15;/h2-8,12H,1H3;2-7,9-11H,1H3;/q-1;-2;+3. The van der Waals surface area contributed by atoms with Gasteiger partial charge in [-0.1, -0.05) is 24.8 Å². The van der Waals surface area contributed by atoms with Crippen molar-refractivity contribution in [3.8, 4) is 11.3 Å². The zero-order chi connectivity index (χ0) is 23.1. The molecule has 6 nitrogen and oxygen atoms in total. The van der Waals surface area contributed by atoms with Crippen molar-refractivity contribution in [2.45, 2.75) is 13.0 Å². The van der Waals surface area contributed by atoms with Gasteiger partial charge in [-0.25, -0.2) is 5.10 Å². The number of hydrogen-bond donors (Lipinski definition) is 0. The molecule has 3 aliphatic rings. The zero-order valence-corrected chi connectivity index (χ0v) is 21.7. The van der Waals surface area contributed by atoms with E-state index < -0.39 is 0 Å². The van der Waals surface area contributed by atoms with Crippen LogP contribution in [0.3, 0.4) is 0 Å². The van der Waals surface area contributed by atoms with E-state index in [9.17, 15) is 0 Å². The van der Waals surface area contributed by atoms with Crippen molar-refractivity contribution in [1.82, 2.24) is 9.97 Å². The first kappa shape index (κ1) is 23.1. The Balaban J connectivity index is 0.000000142. The van der Waals surface area contributed by atoms with Gasteiger partial charge in [0.2, 0.25) is 0 Å². The Bertz CT molecular complexity index is 1370. The van der Waals surface area contributed by atoms with Gasteiger partial charge in [0.1, 0.15) is 0 Å². The van der Waals surface area contributed by atoms with Crippen LogP contribution in [0, 0.1) is 19.2 Å². The second-order valence-corrected chi connectivity index (χ2v) is 8.34. The number of nitrogens with zero attached hydrogens (tertiary/aromatic N) is 6. The molecule has 0 spiro atoms. The van der Waals surface area contributed by atoms with Gasteiger partial charge in [-0.15, -0.1) is 5.69 Å². The monoisotopic (exact) mass is 636 g/mol. The summed E-state index contributed by atoms with van der Waals surface area (Å²) in [5.41, 5.74) is 8.67. The number of anilines is 4. The molecule has 0 radical (unpaired) electrons. The van der Waals surface area contributed by atoms with Crippen LogP contribution in [0.1, 0.15) is 18.7 Å². The molecule has 2 aromatic carbocycles. The minimum Gasteiger partial charge on any atom is -0.504 e. The molecule has 174 valence electrons. The summed E-state index contributed by atoms with van der Waals surface area (Å²) in [5, 5.41) is 6.57. The van der Waals surface area contributed by atoms with E-state index in [1.807, 2.05) is 54.7 Å². The van der Waals surface area contributed by atoms with E-state index in [0.29, 0.717) is 0 Å². The SMILES string of the molecule is CC1=NN2c3cccnc3-c3cccnc3C2[CH-]1.CN1[CH-]N(c2[c-]cccc2)c2ccccc21.[Ir+3]. The fourth-order valence-corrected chi connectivity index (χ4v) is 4.60. The normalized spacial score (nSPS) is 16.5. The Hall–Kier alpha value is -3.67. The van der Waals surface area contributed by atoms with Gasteiger partial charge in [0.05, 0.1) is 11.4 Å². The van der Waals surface area contributed by atoms with Crippen LogP contribution in [0.15, 0.2) is 90.3 Å². The van der Waals surface area contributed by atoms with Crippen molar-refractivity contribution in [3.05, 3.63) is 110 Å². The molecule has 0 saturated heterocycles. The Morgan fingerprint density at radius 1 is 0.857 bits per heavy atom. The maximum Gasteiger partial charge on any atom is 3.00 e. The second-order valence-electron chi connectivity index (χ2n) is 8.34. The number of benzene rings is 2. The van der Waals surface area contributed by atoms with Gasteiger partial charge < -0.3 is 16.2 Å². The van der Waals surface area contributed by atoms with Crippen LogP contribution in [0.25, 0.3) is 11.3 Å². The third kappa shape index (κ3) is 4.07. The summed E-state index contributed by atoms with van der Waals surface area (Å²) in [5.74, 6) is 0. The molecule has 1 atom stereocenters. The average molecular weight is 636 g/mol. The molecule has 7 rings (SSSR count). The first-order chi connectivity index (χ1) is 16.7. The fraction of sp³-hybridized carbons (Fsp3) is 0.107. The number of pyridine rings is 2. The van der Waals surface area contributed by atoms with Crippen molar-refractivity contribution >= 4 is 28.5 Å². The van der Waals surface area contributed by atoms with Gasteiger partial charge in [0, 0.05) is 35.0 Å².